The SMILES string of the molecule is C[C@@H](N)[C@H](O)CCCCCCCCCCCCC(=O)CCCCCCCCC[C@@H](OC1OC(CO)C(O)C(O)C1O)[C@@H](N)CO. The molecule has 11 heteroatoms. The molecule has 0 saturated carbocycles. The van der Waals surface area contributed by atoms with E-state index in [0.717, 1.165) is 70.6 Å². The van der Waals surface area contributed by atoms with Crippen molar-refractivity contribution in [3.63, 3.8) is 0 Å². The molecule has 0 spiro atoms. The largest absolute Gasteiger partial charge is 0.395 e. The quantitative estimate of drug-likeness (QED) is 0.0553. The van der Waals surface area contributed by atoms with Crippen LogP contribution in [0.25, 0.3) is 0 Å². The molecule has 0 bridgehead atoms. The lowest BCUT2D eigenvalue weighted by Crippen LogP contribution is -2.60. The zero-order valence-electron chi connectivity index (χ0n) is 28.0. The average Bonchev–Trinajstić information content (AvgIpc) is 3.03. The van der Waals surface area contributed by atoms with Crippen molar-refractivity contribution in [3.8, 4) is 0 Å². The normalized spacial score (nSPS) is 24.8. The third-order valence-corrected chi connectivity index (χ3v) is 9.10. The fourth-order valence-corrected chi connectivity index (χ4v) is 5.88. The molecule has 10 N–H and O–H groups in total. The molecule has 1 fully saturated rings. The number of aliphatic hydroxyl groups is 6. The zero-order chi connectivity index (χ0) is 33.5. The van der Waals surface area contributed by atoms with Crippen molar-refractivity contribution in [2.75, 3.05) is 13.2 Å². The van der Waals surface area contributed by atoms with E-state index in [0.29, 0.717) is 25.0 Å². The Morgan fingerprint density at radius 3 is 1.58 bits per heavy atom. The summed E-state index contributed by atoms with van der Waals surface area (Å²) in [5.74, 6) is 0.384. The first-order chi connectivity index (χ1) is 21.6. The first kappa shape index (κ1) is 42.3. The number of rotatable bonds is 29. The number of carbonyl (C=O) groups is 1. The molecule has 0 aliphatic carbocycles. The standard InChI is InChI=1S/C34H68N2O9/c1-25(35)28(40)21-17-13-9-5-3-2-4-7-11-15-19-26(39)20-16-12-8-6-10-14-18-22-29(27(36)23-37)44-34-33(43)32(42)31(41)30(24-38)45-34/h25,27-34,37-38,40-43H,2-24,35-36H2,1H3/t25-,27+,28-,29-,30?,31?,32?,33?,34?/m1/s1. The Kier molecular flexibility index (Phi) is 24.7. The Labute approximate surface area is 272 Å². The molecule has 268 valence electrons. The van der Waals surface area contributed by atoms with Gasteiger partial charge in [0.15, 0.2) is 6.29 Å². The molecule has 1 heterocycles. The Hall–Kier alpha value is -0.730. The number of unbranched alkanes of at least 4 members (excludes halogenated alkanes) is 15. The third-order valence-electron chi connectivity index (χ3n) is 9.10. The molecule has 11 nitrogen and oxygen atoms in total. The van der Waals surface area contributed by atoms with Crippen LogP contribution in [0.3, 0.4) is 0 Å². The number of hydrogen-bond acceptors (Lipinski definition) is 11. The summed E-state index contributed by atoms with van der Waals surface area (Å²) < 4.78 is 11.2. The summed E-state index contributed by atoms with van der Waals surface area (Å²) in [6.07, 6.45) is 13.7. The molecule has 0 amide bonds. The Morgan fingerprint density at radius 1 is 0.689 bits per heavy atom. The van der Waals surface area contributed by atoms with E-state index < -0.39 is 49.5 Å². The highest BCUT2D eigenvalue weighted by atomic mass is 16.7. The minimum absolute atomic E-state index is 0.137. The topological polar surface area (TPSA) is 209 Å². The summed E-state index contributed by atoms with van der Waals surface area (Å²) in [7, 11) is 0. The van der Waals surface area contributed by atoms with Gasteiger partial charge in [0.05, 0.1) is 31.5 Å². The van der Waals surface area contributed by atoms with E-state index in [1.54, 1.807) is 0 Å². The van der Waals surface area contributed by atoms with Crippen LogP contribution in [0.5, 0.6) is 0 Å². The van der Waals surface area contributed by atoms with Crippen molar-refractivity contribution in [1.82, 2.24) is 0 Å². The predicted molar refractivity (Wildman–Crippen MR) is 175 cm³/mol. The minimum atomic E-state index is -1.53. The van der Waals surface area contributed by atoms with Gasteiger partial charge in [-0.3, -0.25) is 4.79 Å². The van der Waals surface area contributed by atoms with Crippen LogP contribution >= 0.6 is 0 Å². The lowest BCUT2D eigenvalue weighted by molar-refractivity contribution is -0.313. The van der Waals surface area contributed by atoms with Crippen molar-refractivity contribution in [2.45, 2.75) is 197 Å². The van der Waals surface area contributed by atoms with Gasteiger partial charge in [-0.25, -0.2) is 0 Å². The summed E-state index contributed by atoms with van der Waals surface area (Å²) in [6.45, 7) is 0.998. The van der Waals surface area contributed by atoms with Crippen molar-refractivity contribution < 1.29 is 44.9 Å². The molecule has 1 rings (SSSR count). The molecule has 0 aromatic carbocycles. The molecule has 1 aliphatic rings. The molecule has 1 aliphatic heterocycles. The molecular weight excluding hydrogens is 580 g/mol. The molecule has 5 unspecified atom stereocenters. The second-order valence-electron chi connectivity index (χ2n) is 13.3. The van der Waals surface area contributed by atoms with Crippen LogP contribution in [-0.4, -0.2) is 105 Å². The Balaban J connectivity index is 2.00. The van der Waals surface area contributed by atoms with E-state index in [-0.39, 0.29) is 18.8 Å². The summed E-state index contributed by atoms with van der Waals surface area (Å²) in [5, 5.41) is 58.8. The number of carbonyl (C=O) groups excluding carboxylic acids is 1. The second-order valence-corrected chi connectivity index (χ2v) is 13.3. The number of ether oxygens (including phenoxy) is 2. The lowest BCUT2D eigenvalue weighted by Gasteiger charge is -2.41. The van der Waals surface area contributed by atoms with Crippen LogP contribution in [0, 0.1) is 0 Å². The number of ketones is 1. The van der Waals surface area contributed by atoms with E-state index >= 15 is 0 Å². The molecular formula is C34H68N2O9. The monoisotopic (exact) mass is 648 g/mol. The van der Waals surface area contributed by atoms with Crippen molar-refractivity contribution in [2.24, 2.45) is 11.5 Å². The van der Waals surface area contributed by atoms with Crippen LogP contribution in [-0.2, 0) is 14.3 Å². The van der Waals surface area contributed by atoms with Gasteiger partial charge in [-0.1, -0.05) is 96.3 Å². The van der Waals surface area contributed by atoms with Gasteiger partial charge in [0.2, 0.25) is 0 Å². The highest BCUT2D eigenvalue weighted by Gasteiger charge is 2.45. The Bertz CT molecular complexity index is 715. The Morgan fingerprint density at radius 2 is 1.13 bits per heavy atom. The molecule has 0 radical (unpaired) electrons. The minimum Gasteiger partial charge on any atom is -0.395 e. The number of Topliss-reactive ketones (excluding diaryl/α,β-unsaturated/α-hetero) is 1. The maximum atomic E-state index is 12.2. The maximum absolute atomic E-state index is 12.2. The smallest absolute Gasteiger partial charge is 0.187 e. The fourth-order valence-electron chi connectivity index (χ4n) is 5.88. The molecule has 45 heavy (non-hydrogen) atoms. The van der Waals surface area contributed by atoms with Gasteiger partial charge in [-0.2, -0.15) is 0 Å². The lowest BCUT2D eigenvalue weighted by atomic mass is 9.98. The van der Waals surface area contributed by atoms with Crippen LogP contribution in [0.2, 0.25) is 0 Å². The number of nitrogens with two attached hydrogens (primary N) is 2. The van der Waals surface area contributed by atoms with Gasteiger partial charge >= 0.3 is 0 Å². The van der Waals surface area contributed by atoms with Gasteiger partial charge < -0.3 is 51.6 Å². The van der Waals surface area contributed by atoms with Crippen molar-refractivity contribution in [3.05, 3.63) is 0 Å². The van der Waals surface area contributed by atoms with E-state index in [4.69, 9.17) is 20.9 Å². The summed E-state index contributed by atoms with van der Waals surface area (Å²) >= 11 is 0. The highest BCUT2D eigenvalue weighted by molar-refractivity contribution is 5.78. The zero-order valence-corrected chi connectivity index (χ0v) is 28.0. The second kappa shape index (κ2) is 26.3. The first-order valence-corrected chi connectivity index (χ1v) is 17.9. The average molecular weight is 649 g/mol. The van der Waals surface area contributed by atoms with Gasteiger partial charge in [-0.15, -0.1) is 0 Å². The molecule has 1 saturated heterocycles. The van der Waals surface area contributed by atoms with E-state index in [9.17, 15) is 35.4 Å². The van der Waals surface area contributed by atoms with Crippen LogP contribution in [0.15, 0.2) is 0 Å². The van der Waals surface area contributed by atoms with Crippen molar-refractivity contribution >= 4 is 5.78 Å². The summed E-state index contributed by atoms with van der Waals surface area (Å²) in [5.41, 5.74) is 11.7. The van der Waals surface area contributed by atoms with Gasteiger partial charge in [0, 0.05) is 18.9 Å². The third kappa shape index (κ3) is 19.0. The molecule has 0 aromatic rings. The fraction of sp³-hybridized carbons (Fsp3) is 0.971. The van der Waals surface area contributed by atoms with E-state index in [1.807, 2.05) is 6.92 Å². The van der Waals surface area contributed by atoms with E-state index in [1.165, 1.54) is 44.9 Å². The summed E-state index contributed by atoms with van der Waals surface area (Å²) in [6, 6.07) is -0.837. The van der Waals surface area contributed by atoms with Crippen LogP contribution in [0.4, 0.5) is 0 Å². The van der Waals surface area contributed by atoms with Gasteiger partial charge in [0.25, 0.3) is 0 Å². The predicted octanol–water partition coefficient (Wildman–Crippen LogP) is 2.96. The highest BCUT2D eigenvalue weighted by Crippen LogP contribution is 2.25. The van der Waals surface area contributed by atoms with Crippen LogP contribution in [0.1, 0.15) is 142 Å². The van der Waals surface area contributed by atoms with Crippen molar-refractivity contribution in [1.29, 1.82) is 0 Å². The van der Waals surface area contributed by atoms with Gasteiger partial charge in [0.1, 0.15) is 30.2 Å². The molecule has 9 atom stereocenters. The van der Waals surface area contributed by atoms with E-state index in [2.05, 4.69) is 0 Å². The molecule has 0 aromatic heterocycles. The first-order valence-electron chi connectivity index (χ1n) is 17.9. The van der Waals surface area contributed by atoms with Gasteiger partial charge in [-0.05, 0) is 32.6 Å². The number of aliphatic hydroxyl groups excluding tert-OH is 6. The number of hydrogen-bond donors (Lipinski definition) is 8. The summed E-state index contributed by atoms with van der Waals surface area (Å²) in [4.78, 5) is 12.2. The van der Waals surface area contributed by atoms with Crippen LogP contribution < -0.4 is 11.5 Å². The maximum Gasteiger partial charge on any atom is 0.187 e.